The molecular weight excluding hydrogens is 240 g/mol. The first-order valence-electron chi connectivity index (χ1n) is 9.12. The van der Waals surface area contributed by atoms with Crippen LogP contribution in [0, 0.1) is 24.7 Å². The van der Waals surface area contributed by atoms with Crippen molar-refractivity contribution in [3.63, 3.8) is 0 Å². The number of hydrogen-bond acceptors (Lipinski definition) is 0. The summed E-state index contributed by atoms with van der Waals surface area (Å²) < 4.78 is 0. The second-order valence-electron chi connectivity index (χ2n) is 6.03. The maximum atomic E-state index is 3.91. The van der Waals surface area contributed by atoms with Crippen molar-refractivity contribution in [1.29, 1.82) is 0 Å². The van der Waals surface area contributed by atoms with Crippen molar-refractivity contribution >= 4 is 0 Å². The average Bonchev–Trinajstić information content (AvgIpc) is 2.46. The predicted molar refractivity (Wildman–Crippen MR) is 92.6 cm³/mol. The molecule has 0 N–H and O–H groups in total. The first kappa shape index (κ1) is 19.6. The Morgan fingerprint density at radius 1 is 0.750 bits per heavy atom. The van der Waals surface area contributed by atoms with Gasteiger partial charge in [0.25, 0.3) is 0 Å². The van der Waals surface area contributed by atoms with Gasteiger partial charge in [-0.15, -0.1) is 5.92 Å². The highest BCUT2D eigenvalue weighted by Crippen LogP contribution is 2.15. The van der Waals surface area contributed by atoms with E-state index in [4.69, 9.17) is 0 Å². The van der Waals surface area contributed by atoms with Crippen LogP contribution in [0.15, 0.2) is 0 Å². The van der Waals surface area contributed by atoms with Crippen LogP contribution in [0.4, 0.5) is 0 Å². The van der Waals surface area contributed by atoms with Gasteiger partial charge in [0.15, 0.2) is 0 Å². The molecule has 0 bridgehead atoms. The van der Waals surface area contributed by atoms with Crippen LogP contribution < -0.4 is 0 Å². The van der Waals surface area contributed by atoms with Gasteiger partial charge in [-0.1, -0.05) is 90.9 Å². The SMILES string of the molecule is [CH2]CCCCCC(C#CCCCCCCCC)CCC. The van der Waals surface area contributed by atoms with Gasteiger partial charge >= 0.3 is 0 Å². The van der Waals surface area contributed by atoms with Gasteiger partial charge < -0.3 is 0 Å². The van der Waals surface area contributed by atoms with Crippen molar-refractivity contribution in [2.45, 2.75) is 104 Å². The molecule has 0 rings (SSSR count). The zero-order chi connectivity index (χ0) is 14.9. The van der Waals surface area contributed by atoms with Crippen LogP contribution in [0.1, 0.15) is 104 Å². The molecule has 0 spiro atoms. The zero-order valence-electron chi connectivity index (χ0n) is 14.2. The lowest BCUT2D eigenvalue weighted by atomic mass is 9.96. The largest absolute Gasteiger partial charge is 0.103 e. The summed E-state index contributed by atoms with van der Waals surface area (Å²) >= 11 is 0. The first-order chi connectivity index (χ1) is 9.85. The van der Waals surface area contributed by atoms with Crippen LogP contribution in [0.3, 0.4) is 0 Å². The maximum Gasteiger partial charge on any atom is 0.0202 e. The van der Waals surface area contributed by atoms with Crippen molar-refractivity contribution in [2.24, 2.45) is 5.92 Å². The van der Waals surface area contributed by atoms with Gasteiger partial charge in [0.1, 0.15) is 0 Å². The van der Waals surface area contributed by atoms with Gasteiger partial charge in [-0.25, -0.2) is 0 Å². The Kier molecular flexibility index (Phi) is 16.2. The number of unbranched alkanes of at least 4 members (excludes halogenated alkanes) is 9. The third kappa shape index (κ3) is 14.0. The highest BCUT2D eigenvalue weighted by atomic mass is 14.1. The quantitative estimate of drug-likeness (QED) is 0.252. The van der Waals surface area contributed by atoms with Gasteiger partial charge in [0.2, 0.25) is 0 Å². The summed E-state index contributed by atoms with van der Waals surface area (Å²) in [5.41, 5.74) is 0. The van der Waals surface area contributed by atoms with E-state index < -0.39 is 0 Å². The Bertz CT molecular complexity index is 230. The molecule has 0 aliphatic carbocycles. The molecule has 1 atom stereocenters. The van der Waals surface area contributed by atoms with E-state index in [1.165, 1.54) is 77.0 Å². The zero-order valence-corrected chi connectivity index (χ0v) is 14.2. The van der Waals surface area contributed by atoms with Crippen LogP contribution in [0.5, 0.6) is 0 Å². The van der Waals surface area contributed by atoms with Crippen molar-refractivity contribution in [2.75, 3.05) is 0 Å². The van der Waals surface area contributed by atoms with Crippen LogP contribution in [-0.2, 0) is 0 Å². The second kappa shape index (κ2) is 16.6. The monoisotopic (exact) mass is 277 g/mol. The molecule has 0 aromatic heterocycles. The van der Waals surface area contributed by atoms with Gasteiger partial charge in [-0.05, 0) is 19.3 Å². The lowest BCUT2D eigenvalue weighted by molar-refractivity contribution is 0.511. The predicted octanol–water partition coefficient (Wildman–Crippen LogP) is 6.94. The third-order valence-corrected chi connectivity index (χ3v) is 3.90. The minimum Gasteiger partial charge on any atom is -0.103 e. The molecule has 0 aromatic rings. The molecule has 0 nitrogen and oxygen atoms in total. The van der Waals surface area contributed by atoms with E-state index in [9.17, 15) is 0 Å². The van der Waals surface area contributed by atoms with E-state index in [1.807, 2.05) is 0 Å². The summed E-state index contributed by atoms with van der Waals surface area (Å²) in [7, 11) is 0. The summed E-state index contributed by atoms with van der Waals surface area (Å²) in [4.78, 5) is 0. The van der Waals surface area contributed by atoms with Gasteiger partial charge in [0.05, 0.1) is 0 Å². The highest BCUT2D eigenvalue weighted by Gasteiger charge is 2.03. The topological polar surface area (TPSA) is 0 Å². The van der Waals surface area contributed by atoms with Crippen molar-refractivity contribution < 1.29 is 0 Å². The molecule has 0 fully saturated rings. The fourth-order valence-corrected chi connectivity index (χ4v) is 2.59. The fourth-order valence-electron chi connectivity index (χ4n) is 2.59. The van der Waals surface area contributed by atoms with Gasteiger partial charge in [-0.2, -0.15) is 0 Å². The summed E-state index contributed by atoms with van der Waals surface area (Å²) in [6.07, 6.45) is 18.2. The van der Waals surface area contributed by atoms with Crippen LogP contribution in [0.2, 0.25) is 0 Å². The van der Waals surface area contributed by atoms with E-state index in [1.54, 1.807) is 0 Å². The summed E-state index contributed by atoms with van der Waals surface area (Å²) in [5.74, 6) is 7.63. The van der Waals surface area contributed by atoms with Gasteiger partial charge in [0, 0.05) is 12.3 Å². The molecule has 0 heteroatoms. The second-order valence-corrected chi connectivity index (χ2v) is 6.03. The first-order valence-corrected chi connectivity index (χ1v) is 9.12. The van der Waals surface area contributed by atoms with Crippen molar-refractivity contribution in [1.82, 2.24) is 0 Å². The van der Waals surface area contributed by atoms with E-state index in [-0.39, 0.29) is 0 Å². The molecule has 0 aliphatic rings. The minimum absolute atomic E-state index is 0.657. The molecule has 0 aromatic carbocycles. The standard InChI is InChI=1S/C20H37/c1-4-7-9-11-12-13-14-16-19-20(17-6-3)18-15-10-8-5-2/h20H,2,4-15,17-18H2,1,3H3. The Labute approximate surface area is 129 Å². The summed E-state index contributed by atoms with van der Waals surface area (Å²) in [5, 5.41) is 0. The Balaban J connectivity index is 3.63. The molecule has 0 amide bonds. The minimum atomic E-state index is 0.657. The Hall–Kier alpha value is -0.440. The molecule has 0 saturated carbocycles. The molecule has 0 heterocycles. The smallest absolute Gasteiger partial charge is 0.0202 e. The molecule has 0 aliphatic heterocycles. The van der Waals surface area contributed by atoms with E-state index in [0.717, 1.165) is 12.8 Å². The van der Waals surface area contributed by atoms with Crippen LogP contribution >= 0.6 is 0 Å². The Morgan fingerprint density at radius 2 is 1.45 bits per heavy atom. The normalized spacial score (nSPS) is 11.9. The summed E-state index contributed by atoms with van der Waals surface area (Å²) in [6, 6.07) is 0. The van der Waals surface area contributed by atoms with Crippen molar-refractivity contribution in [3.8, 4) is 11.8 Å². The fraction of sp³-hybridized carbons (Fsp3) is 0.850. The lowest BCUT2D eigenvalue weighted by Crippen LogP contribution is -1.97. The van der Waals surface area contributed by atoms with Crippen LogP contribution in [0.25, 0.3) is 0 Å². The maximum absolute atomic E-state index is 3.91. The number of rotatable bonds is 13. The highest BCUT2D eigenvalue weighted by molar-refractivity contribution is 5.03. The summed E-state index contributed by atoms with van der Waals surface area (Å²) in [6.45, 7) is 8.46. The van der Waals surface area contributed by atoms with Crippen LogP contribution in [-0.4, -0.2) is 0 Å². The van der Waals surface area contributed by atoms with E-state index in [0.29, 0.717) is 5.92 Å². The number of hydrogen-bond donors (Lipinski definition) is 0. The molecule has 20 heavy (non-hydrogen) atoms. The third-order valence-electron chi connectivity index (χ3n) is 3.90. The average molecular weight is 278 g/mol. The lowest BCUT2D eigenvalue weighted by Gasteiger charge is -2.08. The molecular formula is C20H37. The van der Waals surface area contributed by atoms with E-state index >= 15 is 0 Å². The van der Waals surface area contributed by atoms with Crippen molar-refractivity contribution in [3.05, 3.63) is 6.92 Å². The molecule has 1 unspecified atom stereocenters. The van der Waals surface area contributed by atoms with Gasteiger partial charge in [-0.3, -0.25) is 0 Å². The molecule has 1 radical (unpaired) electrons. The molecule has 0 saturated heterocycles. The Morgan fingerprint density at radius 3 is 2.15 bits per heavy atom. The van der Waals surface area contributed by atoms with E-state index in [2.05, 4.69) is 32.6 Å². The molecule has 117 valence electrons.